The molecular weight excluding hydrogens is 292 g/mol. The number of rotatable bonds is 3. The third-order valence-electron chi connectivity index (χ3n) is 3.45. The van der Waals surface area contributed by atoms with Crippen LogP contribution in [0.4, 0.5) is 0 Å². The maximum atomic E-state index is 5.28. The first-order valence-electron chi connectivity index (χ1n) is 7.00. The summed E-state index contributed by atoms with van der Waals surface area (Å²) in [5.74, 6) is 0.855. The molecule has 1 aromatic carbocycles. The maximum Gasteiger partial charge on any atom is 0.278 e. The summed E-state index contributed by atoms with van der Waals surface area (Å²) in [6.45, 7) is 0. The highest BCUT2D eigenvalue weighted by Crippen LogP contribution is 2.25. The smallest absolute Gasteiger partial charge is 0.278 e. The van der Waals surface area contributed by atoms with Crippen LogP contribution in [0.3, 0.4) is 0 Å². The molecule has 4 rings (SSSR count). The fraction of sp³-hybridized carbons (Fsp3) is 0.0625. The van der Waals surface area contributed by atoms with Crippen molar-refractivity contribution in [3.63, 3.8) is 0 Å². The molecule has 0 amide bonds. The van der Waals surface area contributed by atoms with E-state index in [0.717, 1.165) is 16.8 Å². The Labute approximate surface area is 131 Å². The first-order chi connectivity index (χ1) is 11.3. The molecule has 0 atom stereocenters. The van der Waals surface area contributed by atoms with Gasteiger partial charge in [0.25, 0.3) is 5.89 Å². The van der Waals surface area contributed by atoms with Crippen molar-refractivity contribution in [1.29, 1.82) is 0 Å². The summed E-state index contributed by atoms with van der Waals surface area (Å²) in [5, 5.41) is 8.22. The summed E-state index contributed by atoms with van der Waals surface area (Å²) in [7, 11) is 1.91. The Bertz CT molecular complexity index is 944. The second-order valence-corrected chi connectivity index (χ2v) is 4.93. The van der Waals surface area contributed by atoms with E-state index in [4.69, 9.17) is 4.52 Å². The van der Waals surface area contributed by atoms with Gasteiger partial charge < -0.3 is 4.52 Å². The van der Waals surface area contributed by atoms with Gasteiger partial charge in [0.1, 0.15) is 5.69 Å². The fourth-order valence-corrected chi connectivity index (χ4v) is 2.33. The lowest BCUT2D eigenvalue weighted by atomic mass is 10.1. The Kier molecular flexibility index (Phi) is 3.16. The van der Waals surface area contributed by atoms with E-state index in [-0.39, 0.29) is 0 Å². The Morgan fingerprint density at radius 1 is 1.04 bits per heavy atom. The van der Waals surface area contributed by atoms with Crippen molar-refractivity contribution in [2.45, 2.75) is 0 Å². The van der Waals surface area contributed by atoms with E-state index in [1.54, 1.807) is 24.8 Å². The minimum atomic E-state index is 0.346. The van der Waals surface area contributed by atoms with E-state index >= 15 is 0 Å². The van der Waals surface area contributed by atoms with Crippen LogP contribution < -0.4 is 0 Å². The first-order valence-corrected chi connectivity index (χ1v) is 7.00. The molecule has 7 heteroatoms. The monoisotopic (exact) mass is 304 g/mol. The van der Waals surface area contributed by atoms with Crippen LogP contribution in [0.25, 0.3) is 34.2 Å². The van der Waals surface area contributed by atoms with Crippen molar-refractivity contribution < 1.29 is 4.52 Å². The van der Waals surface area contributed by atoms with Crippen LogP contribution in [-0.4, -0.2) is 29.9 Å². The number of benzene rings is 1. The lowest BCUT2D eigenvalue weighted by Gasteiger charge is -2.03. The van der Waals surface area contributed by atoms with Gasteiger partial charge in [0.15, 0.2) is 0 Å². The lowest BCUT2D eigenvalue weighted by molar-refractivity contribution is 0.431. The molecule has 0 N–H and O–H groups in total. The number of hydrogen-bond acceptors (Lipinski definition) is 6. The molecule has 0 unspecified atom stereocenters. The lowest BCUT2D eigenvalue weighted by Crippen LogP contribution is -1.93. The molecule has 23 heavy (non-hydrogen) atoms. The van der Waals surface area contributed by atoms with Gasteiger partial charge in [-0.2, -0.15) is 10.1 Å². The molecule has 3 aromatic heterocycles. The molecule has 112 valence electrons. The fourth-order valence-electron chi connectivity index (χ4n) is 2.33. The zero-order valence-electron chi connectivity index (χ0n) is 12.3. The van der Waals surface area contributed by atoms with E-state index in [0.29, 0.717) is 17.4 Å². The van der Waals surface area contributed by atoms with Gasteiger partial charge in [-0.1, -0.05) is 23.4 Å². The molecular formula is C16H12N6O. The summed E-state index contributed by atoms with van der Waals surface area (Å²) in [6, 6.07) is 9.87. The van der Waals surface area contributed by atoms with Gasteiger partial charge >= 0.3 is 0 Å². The topological polar surface area (TPSA) is 82.5 Å². The van der Waals surface area contributed by atoms with Crippen LogP contribution in [0.5, 0.6) is 0 Å². The molecule has 0 radical (unpaired) electrons. The SMILES string of the molecule is Cn1nccc1-c1cccc(-c2noc(-c3cnccn3)n2)c1. The van der Waals surface area contributed by atoms with E-state index in [1.165, 1.54) is 0 Å². The average Bonchev–Trinajstić information content (AvgIpc) is 3.25. The van der Waals surface area contributed by atoms with Gasteiger partial charge in [-0.05, 0) is 12.1 Å². The van der Waals surface area contributed by atoms with Crippen molar-refractivity contribution in [2.75, 3.05) is 0 Å². The standard InChI is InChI=1S/C16H12N6O/c1-22-14(5-6-19-22)11-3-2-4-12(9-11)15-20-16(23-21-15)13-10-17-7-8-18-13/h2-10H,1H3. The molecule has 3 heterocycles. The number of hydrogen-bond donors (Lipinski definition) is 0. The number of nitrogens with zero attached hydrogens (tertiary/aromatic N) is 6. The normalized spacial score (nSPS) is 10.8. The highest BCUT2D eigenvalue weighted by atomic mass is 16.5. The predicted octanol–water partition coefficient (Wildman–Crippen LogP) is 2.59. The van der Waals surface area contributed by atoms with E-state index < -0.39 is 0 Å². The summed E-state index contributed by atoms with van der Waals surface area (Å²) in [5.41, 5.74) is 3.47. The van der Waals surface area contributed by atoms with Crippen molar-refractivity contribution in [3.8, 4) is 34.2 Å². The van der Waals surface area contributed by atoms with Crippen LogP contribution in [0.1, 0.15) is 0 Å². The second kappa shape index (κ2) is 5.45. The van der Waals surface area contributed by atoms with E-state index in [9.17, 15) is 0 Å². The molecule has 0 spiro atoms. The van der Waals surface area contributed by atoms with Crippen molar-refractivity contribution >= 4 is 0 Å². The van der Waals surface area contributed by atoms with Crippen LogP contribution in [0.15, 0.2) is 59.6 Å². The van der Waals surface area contributed by atoms with Crippen molar-refractivity contribution in [3.05, 3.63) is 55.1 Å². The number of aromatic nitrogens is 6. The largest absolute Gasteiger partial charge is 0.332 e. The van der Waals surface area contributed by atoms with Gasteiger partial charge in [-0.15, -0.1) is 0 Å². The van der Waals surface area contributed by atoms with Crippen LogP contribution in [0, 0.1) is 0 Å². The Balaban J connectivity index is 1.72. The van der Waals surface area contributed by atoms with Gasteiger partial charge in [0, 0.05) is 36.8 Å². The first kappa shape index (κ1) is 13.3. The zero-order valence-corrected chi connectivity index (χ0v) is 12.3. The molecule has 0 saturated carbocycles. The molecule has 4 aromatic rings. The van der Waals surface area contributed by atoms with Crippen molar-refractivity contribution in [2.24, 2.45) is 7.05 Å². The Morgan fingerprint density at radius 3 is 2.74 bits per heavy atom. The van der Waals surface area contributed by atoms with Gasteiger partial charge in [0.2, 0.25) is 5.82 Å². The maximum absolute atomic E-state index is 5.28. The molecule has 0 aliphatic carbocycles. The molecule has 0 fully saturated rings. The van der Waals surface area contributed by atoms with Gasteiger partial charge in [0.05, 0.1) is 11.9 Å². The Hall–Kier alpha value is -3.35. The van der Waals surface area contributed by atoms with E-state index in [1.807, 2.05) is 42.1 Å². The van der Waals surface area contributed by atoms with Crippen LogP contribution in [0.2, 0.25) is 0 Å². The molecule has 7 nitrogen and oxygen atoms in total. The van der Waals surface area contributed by atoms with Crippen molar-refractivity contribution in [1.82, 2.24) is 29.9 Å². The minimum Gasteiger partial charge on any atom is -0.332 e. The summed E-state index contributed by atoms with van der Waals surface area (Å²) in [4.78, 5) is 12.5. The predicted molar refractivity (Wildman–Crippen MR) is 83.0 cm³/mol. The highest BCUT2D eigenvalue weighted by Gasteiger charge is 2.12. The molecule has 0 aliphatic rings. The Morgan fingerprint density at radius 2 is 1.96 bits per heavy atom. The highest BCUT2D eigenvalue weighted by molar-refractivity contribution is 5.68. The van der Waals surface area contributed by atoms with Gasteiger partial charge in [-0.25, -0.2) is 4.98 Å². The number of aryl methyl sites for hydroxylation is 1. The molecule has 0 saturated heterocycles. The summed E-state index contributed by atoms with van der Waals surface area (Å²) in [6.07, 6.45) is 6.53. The summed E-state index contributed by atoms with van der Waals surface area (Å²) < 4.78 is 7.10. The van der Waals surface area contributed by atoms with E-state index in [2.05, 4.69) is 25.2 Å². The van der Waals surface area contributed by atoms with Crippen LogP contribution in [-0.2, 0) is 7.05 Å². The van der Waals surface area contributed by atoms with Crippen LogP contribution >= 0.6 is 0 Å². The minimum absolute atomic E-state index is 0.346. The second-order valence-electron chi connectivity index (χ2n) is 4.93. The third-order valence-corrected chi connectivity index (χ3v) is 3.45. The third kappa shape index (κ3) is 2.48. The average molecular weight is 304 g/mol. The summed E-state index contributed by atoms with van der Waals surface area (Å²) >= 11 is 0. The molecule has 0 bridgehead atoms. The van der Waals surface area contributed by atoms with Gasteiger partial charge in [-0.3, -0.25) is 9.67 Å². The quantitative estimate of drug-likeness (QED) is 0.578. The molecule has 0 aliphatic heterocycles. The zero-order chi connectivity index (χ0) is 15.6.